The average molecular weight is 288 g/mol. The van der Waals surface area contributed by atoms with E-state index in [1.54, 1.807) is 6.07 Å². The van der Waals surface area contributed by atoms with E-state index in [1.807, 2.05) is 6.07 Å². The van der Waals surface area contributed by atoms with Gasteiger partial charge in [0.25, 0.3) is 0 Å². The predicted octanol–water partition coefficient (Wildman–Crippen LogP) is 2.58. The summed E-state index contributed by atoms with van der Waals surface area (Å²) in [5, 5.41) is 30.2. The molecule has 2 saturated carbocycles. The standard InChI is InChI=1S/C18H24O3/c1-18-7-6-13-12-5-3-11(19)8-10(12)2-4-14(13)15(18)9-16(20)17(18)21/h3,5,8,13-17,19-21H,2,4,6-7,9H2,1H3/t13-,14-,15-,16+,17+,18+/m1/s1. The minimum absolute atomic E-state index is 0.116. The number of hydrogen-bond acceptors (Lipinski definition) is 3. The van der Waals surface area contributed by atoms with Gasteiger partial charge in [0, 0.05) is 0 Å². The van der Waals surface area contributed by atoms with Gasteiger partial charge >= 0.3 is 0 Å². The maximum atomic E-state index is 10.4. The number of aryl methyl sites for hydroxylation is 1. The third-order valence-electron chi connectivity index (χ3n) is 6.68. The van der Waals surface area contributed by atoms with E-state index in [0.717, 1.165) is 32.1 Å². The van der Waals surface area contributed by atoms with Gasteiger partial charge in [0.05, 0.1) is 12.2 Å². The summed E-state index contributed by atoms with van der Waals surface area (Å²) in [6, 6.07) is 5.80. The number of aromatic hydroxyl groups is 1. The molecule has 3 aliphatic rings. The third-order valence-corrected chi connectivity index (χ3v) is 6.68. The van der Waals surface area contributed by atoms with Gasteiger partial charge in [-0.05, 0) is 78.5 Å². The SMILES string of the molecule is C[C@]12CC[C@@H]3c4ccc(O)cc4CC[C@H]3[C@H]1C[C@H](O)[C@@H]2O. The molecule has 0 amide bonds. The van der Waals surface area contributed by atoms with Crippen LogP contribution in [-0.2, 0) is 6.42 Å². The summed E-state index contributed by atoms with van der Waals surface area (Å²) < 4.78 is 0. The highest BCUT2D eigenvalue weighted by Crippen LogP contribution is 2.60. The molecular formula is C18H24O3. The second kappa shape index (κ2) is 4.47. The fraction of sp³-hybridized carbons (Fsp3) is 0.667. The Labute approximate surface area is 125 Å². The Balaban J connectivity index is 1.71. The van der Waals surface area contributed by atoms with Gasteiger partial charge in [-0.2, -0.15) is 0 Å². The zero-order chi connectivity index (χ0) is 14.8. The van der Waals surface area contributed by atoms with Gasteiger partial charge in [-0.25, -0.2) is 0 Å². The van der Waals surface area contributed by atoms with Crippen molar-refractivity contribution >= 4 is 0 Å². The molecule has 0 bridgehead atoms. The number of rotatable bonds is 0. The van der Waals surface area contributed by atoms with Crippen molar-refractivity contribution in [1.29, 1.82) is 0 Å². The number of fused-ring (bicyclic) bond motifs is 5. The highest BCUT2D eigenvalue weighted by molar-refractivity contribution is 5.40. The van der Waals surface area contributed by atoms with Crippen LogP contribution < -0.4 is 0 Å². The van der Waals surface area contributed by atoms with Gasteiger partial charge in [-0.15, -0.1) is 0 Å². The van der Waals surface area contributed by atoms with E-state index in [-0.39, 0.29) is 5.41 Å². The van der Waals surface area contributed by atoms with Crippen LogP contribution in [0, 0.1) is 17.3 Å². The van der Waals surface area contributed by atoms with Crippen LogP contribution in [0.4, 0.5) is 0 Å². The van der Waals surface area contributed by atoms with E-state index in [0.29, 0.717) is 23.5 Å². The van der Waals surface area contributed by atoms with Crippen LogP contribution >= 0.6 is 0 Å². The van der Waals surface area contributed by atoms with Crippen molar-refractivity contribution in [3.8, 4) is 5.75 Å². The van der Waals surface area contributed by atoms with Gasteiger partial charge in [-0.1, -0.05) is 13.0 Å². The number of phenolic OH excluding ortho intramolecular Hbond substituents is 1. The number of aliphatic hydroxyl groups excluding tert-OH is 2. The fourth-order valence-electron chi connectivity index (χ4n) is 5.56. The fourth-order valence-corrected chi connectivity index (χ4v) is 5.56. The number of aliphatic hydroxyl groups is 2. The van der Waals surface area contributed by atoms with Gasteiger partial charge in [0.2, 0.25) is 0 Å². The first-order valence-electron chi connectivity index (χ1n) is 8.18. The van der Waals surface area contributed by atoms with Crippen molar-refractivity contribution in [3.05, 3.63) is 29.3 Å². The van der Waals surface area contributed by atoms with E-state index < -0.39 is 12.2 Å². The van der Waals surface area contributed by atoms with Crippen LogP contribution in [0.1, 0.15) is 49.7 Å². The summed E-state index contributed by atoms with van der Waals surface area (Å²) >= 11 is 0. The molecule has 0 heterocycles. The van der Waals surface area contributed by atoms with Crippen molar-refractivity contribution in [2.24, 2.45) is 17.3 Å². The van der Waals surface area contributed by atoms with Crippen LogP contribution in [0.2, 0.25) is 0 Å². The van der Waals surface area contributed by atoms with Crippen LogP contribution in [0.5, 0.6) is 5.75 Å². The zero-order valence-electron chi connectivity index (χ0n) is 12.5. The first kappa shape index (κ1) is 13.6. The maximum Gasteiger partial charge on any atom is 0.115 e. The number of hydrogen-bond donors (Lipinski definition) is 3. The van der Waals surface area contributed by atoms with E-state index in [2.05, 4.69) is 13.0 Å². The lowest BCUT2D eigenvalue weighted by Gasteiger charge is -2.49. The second-order valence-electron chi connectivity index (χ2n) is 7.59. The van der Waals surface area contributed by atoms with Crippen molar-refractivity contribution in [2.45, 2.75) is 57.2 Å². The summed E-state index contributed by atoms with van der Waals surface area (Å²) in [6.45, 7) is 2.17. The number of benzene rings is 1. The normalized spacial score (nSPS) is 44.8. The predicted molar refractivity (Wildman–Crippen MR) is 80.1 cm³/mol. The van der Waals surface area contributed by atoms with E-state index >= 15 is 0 Å². The molecular weight excluding hydrogens is 264 g/mol. The van der Waals surface area contributed by atoms with Crippen LogP contribution in [-0.4, -0.2) is 27.5 Å². The first-order valence-corrected chi connectivity index (χ1v) is 8.18. The van der Waals surface area contributed by atoms with Crippen molar-refractivity contribution in [3.63, 3.8) is 0 Å². The molecule has 4 rings (SSSR count). The van der Waals surface area contributed by atoms with Gasteiger partial charge in [0.15, 0.2) is 0 Å². The average Bonchev–Trinajstić information content (AvgIpc) is 2.70. The van der Waals surface area contributed by atoms with Crippen molar-refractivity contribution < 1.29 is 15.3 Å². The molecule has 0 radical (unpaired) electrons. The quantitative estimate of drug-likeness (QED) is 0.687. The first-order chi connectivity index (χ1) is 10.0. The molecule has 6 atom stereocenters. The summed E-state index contributed by atoms with van der Waals surface area (Å²) in [6.07, 6.45) is 3.80. The largest absolute Gasteiger partial charge is 0.508 e. The molecule has 114 valence electrons. The summed E-state index contributed by atoms with van der Waals surface area (Å²) in [5.74, 6) is 1.88. The molecule has 3 N–H and O–H groups in total. The maximum absolute atomic E-state index is 10.4. The Kier molecular flexibility index (Phi) is 2.89. The topological polar surface area (TPSA) is 60.7 Å². The molecule has 0 spiro atoms. The molecule has 3 nitrogen and oxygen atoms in total. The van der Waals surface area contributed by atoms with Crippen LogP contribution in [0.15, 0.2) is 18.2 Å². The van der Waals surface area contributed by atoms with Gasteiger partial charge < -0.3 is 15.3 Å². The van der Waals surface area contributed by atoms with Gasteiger partial charge in [0.1, 0.15) is 5.75 Å². The van der Waals surface area contributed by atoms with E-state index in [9.17, 15) is 15.3 Å². The Morgan fingerprint density at radius 1 is 1.19 bits per heavy atom. The van der Waals surface area contributed by atoms with Crippen molar-refractivity contribution in [1.82, 2.24) is 0 Å². The Bertz CT molecular complexity index is 570. The second-order valence-corrected chi connectivity index (χ2v) is 7.59. The smallest absolute Gasteiger partial charge is 0.115 e. The molecule has 2 fully saturated rings. The molecule has 3 heteroatoms. The highest BCUT2D eigenvalue weighted by atomic mass is 16.3. The van der Waals surface area contributed by atoms with Crippen molar-refractivity contribution in [2.75, 3.05) is 0 Å². The lowest BCUT2D eigenvalue weighted by atomic mass is 9.55. The molecule has 3 aliphatic carbocycles. The summed E-state index contributed by atoms with van der Waals surface area (Å²) in [5.41, 5.74) is 2.57. The number of phenols is 1. The highest BCUT2D eigenvalue weighted by Gasteiger charge is 2.57. The molecule has 1 aromatic rings. The summed E-state index contributed by atoms with van der Waals surface area (Å²) in [7, 11) is 0. The van der Waals surface area contributed by atoms with E-state index in [4.69, 9.17) is 0 Å². The minimum Gasteiger partial charge on any atom is -0.508 e. The third kappa shape index (κ3) is 1.80. The molecule has 1 aromatic carbocycles. The monoisotopic (exact) mass is 288 g/mol. The zero-order valence-corrected chi connectivity index (χ0v) is 12.5. The molecule has 0 aliphatic heterocycles. The van der Waals surface area contributed by atoms with Crippen LogP contribution in [0.3, 0.4) is 0 Å². The Morgan fingerprint density at radius 3 is 2.81 bits per heavy atom. The van der Waals surface area contributed by atoms with Gasteiger partial charge in [-0.3, -0.25) is 0 Å². The summed E-state index contributed by atoms with van der Waals surface area (Å²) in [4.78, 5) is 0. The molecule has 0 aromatic heterocycles. The molecule has 0 unspecified atom stereocenters. The molecule has 21 heavy (non-hydrogen) atoms. The lowest BCUT2D eigenvalue weighted by Crippen LogP contribution is -2.44. The minimum atomic E-state index is -0.565. The molecule has 0 saturated heterocycles. The Morgan fingerprint density at radius 2 is 2.00 bits per heavy atom. The Hall–Kier alpha value is -1.06. The van der Waals surface area contributed by atoms with E-state index in [1.165, 1.54) is 11.1 Å². The van der Waals surface area contributed by atoms with Crippen LogP contribution in [0.25, 0.3) is 0 Å². The lowest BCUT2D eigenvalue weighted by molar-refractivity contribution is -0.0505.